The van der Waals surface area contributed by atoms with Crippen LogP contribution in [0.4, 0.5) is 5.69 Å². The molecule has 0 aliphatic carbocycles. The second-order valence-corrected chi connectivity index (χ2v) is 7.53. The second-order valence-electron chi connectivity index (χ2n) is 7.09. The molecule has 7 heteroatoms. The molecule has 0 bridgehead atoms. The first kappa shape index (κ1) is 20.6. The summed E-state index contributed by atoms with van der Waals surface area (Å²) in [6.07, 6.45) is 0. The highest BCUT2D eigenvalue weighted by Gasteiger charge is 2.52. The van der Waals surface area contributed by atoms with Gasteiger partial charge in [0.1, 0.15) is 17.4 Å². The van der Waals surface area contributed by atoms with Crippen LogP contribution in [0, 0.1) is 5.92 Å². The number of carbonyl (C=O) groups excluding carboxylic acids is 3. The Morgan fingerprint density at radius 2 is 1.61 bits per heavy atom. The number of phenols is 1. The minimum absolute atomic E-state index is 0.0100. The number of ketones is 2. The van der Waals surface area contributed by atoms with Crippen LogP contribution in [0.3, 0.4) is 0 Å². The van der Waals surface area contributed by atoms with E-state index in [1.54, 1.807) is 60.7 Å². The van der Waals surface area contributed by atoms with Gasteiger partial charge in [-0.2, -0.15) is 0 Å². The van der Waals surface area contributed by atoms with Crippen LogP contribution in [-0.2, 0) is 9.59 Å². The maximum absolute atomic E-state index is 13.3. The molecular weight excluding hydrogens is 418 g/mol. The Hall–Kier alpha value is -3.64. The fourth-order valence-corrected chi connectivity index (χ4v) is 3.93. The molecule has 2 unspecified atom stereocenters. The van der Waals surface area contributed by atoms with Crippen molar-refractivity contribution in [1.29, 1.82) is 0 Å². The highest BCUT2D eigenvalue weighted by atomic mass is 35.5. The molecule has 1 aliphatic heterocycles. The third-order valence-corrected chi connectivity index (χ3v) is 5.57. The minimum Gasteiger partial charge on any atom is -0.507 e. The van der Waals surface area contributed by atoms with E-state index in [1.807, 2.05) is 0 Å². The molecule has 0 radical (unpaired) electrons. The lowest BCUT2D eigenvalue weighted by Gasteiger charge is -2.27. The molecule has 31 heavy (non-hydrogen) atoms. The zero-order valence-corrected chi connectivity index (χ0v) is 17.2. The van der Waals surface area contributed by atoms with Gasteiger partial charge in [0.25, 0.3) is 5.91 Å². The van der Waals surface area contributed by atoms with Gasteiger partial charge in [-0.1, -0.05) is 35.9 Å². The number of methoxy groups -OCH3 is 1. The molecule has 156 valence electrons. The number of ether oxygens (including phenoxy) is 1. The zero-order chi connectivity index (χ0) is 22.1. The van der Waals surface area contributed by atoms with E-state index in [4.69, 9.17) is 16.3 Å². The summed E-state index contributed by atoms with van der Waals surface area (Å²) in [5.74, 6) is -3.21. The van der Waals surface area contributed by atoms with Crippen LogP contribution in [0.15, 0.2) is 72.8 Å². The fraction of sp³-hybridized carbons (Fsp3) is 0.125. The summed E-state index contributed by atoms with van der Waals surface area (Å²) in [7, 11) is 1.52. The van der Waals surface area contributed by atoms with Gasteiger partial charge in [-0.25, -0.2) is 0 Å². The van der Waals surface area contributed by atoms with Crippen molar-refractivity contribution in [2.45, 2.75) is 6.04 Å². The van der Waals surface area contributed by atoms with Gasteiger partial charge < -0.3 is 9.84 Å². The summed E-state index contributed by atoms with van der Waals surface area (Å²) < 4.78 is 5.17. The smallest absolute Gasteiger partial charge is 0.295 e. The quantitative estimate of drug-likeness (QED) is 0.368. The van der Waals surface area contributed by atoms with Gasteiger partial charge in [0.05, 0.1) is 18.7 Å². The summed E-state index contributed by atoms with van der Waals surface area (Å²) >= 11 is 6.02. The van der Waals surface area contributed by atoms with Crippen molar-refractivity contribution >= 4 is 34.8 Å². The van der Waals surface area contributed by atoms with Crippen molar-refractivity contribution < 1.29 is 24.2 Å². The molecule has 0 spiro atoms. The van der Waals surface area contributed by atoms with Crippen LogP contribution in [0.2, 0.25) is 5.02 Å². The number of anilines is 1. The van der Waals surface area contributed by atoms with Crippen molar-refractivity contribution in [3.8, 4) is 11.5 Å². The van der Waals surface area contributed by atoms with Crippen LogP contribution in [-0.4, -0.2) is 29.7 Å². The highest BCUT2D eigenvalue weighted by Crippen LogP contribution is 2.42. The van der Waals surface area contributed by atoms with Crippen LogP contribution in [0.1, 0.15) is 22.0 Å². The molecular formula is C24H18ClNO5. The molecule has 3 aromatic rings. The molecule has 1 aliphatic rings. The van der Waals surface area contributed by atoms with Crippen LogP contribution in [0.5, 0.6) is 11.5 Å². The number of para-hydroxylation sites is 1. The van der Waals surface area contributed by atoms with Crippen molar-refractivity contribution in [3.63, 3.8) is 0 Å². The van der Waals surface area contributed by atoms with E-state index >= 15 is 0 Å². The predicted molar refractivity (Wildman–Crippen MR) is 116 cm³/mol. The molecule has 1 saturated heterocycles. The molecule has 1 fully saturated rings. The van der Waals surface area contributed by atoms with Gasteiger partial charge >= 0.3 is 0 Å². The van der Waals surface area contributed by atoms with Gasteiger partial charge in [0.15, 0.2) is 5.78 Å². The average molecular weight is 436 g/mol. The van der Waals surface area contributed by atoms with E-state index in [1.165, 1.54) is 24.1 Å². The van der Waals surface area contributed by atoms with E-state index < -0.39 is 29.4 Å². The molecule has 1 heterocycles. The van der Waals surface area contributed by atoms with Crippen LogP contribution < -0.4 is 9.64 Å². The maximum Gasteiger partial charge on any atom is 0.295 e. The first-order valence-corrected chi connectivity index (χ1v) is 9.89. The van der Waals surface area contributed by atoms with E-state index in [2.05, 4.69) is 0 Å². The lowest BCUT2D eigenvalue weighted by Crippen LogP contribution is -2.30. The molecule has 1 N–H and O–H groups in total. The molecule has 3 aromatic carbocycles. The molecule has 0 aromatic heterocycles. The number of Topliss-reactive ketones (excluding diaryl/α,β-unsaturated/α-hetero) is 2. The van der Waals surface area contributed by atoms with E-state index in [9.17, 15) is 19.5 Å². The molecule has 6 nitrogen and oxygen atoms in total. The molecule has 4 rings (SSSR count). The first-order valence-electron chi connectivity index (χ1n) is 9.51. The van der Waals surface area contributed by atoms with Gasteiger partial charge in [0, 0.05) is 10.7 Å². The first-order chi connectivity index (χ1) is 14.9. The SMILES string of the molecule is COc1ccc(N2C(=O)C(=O)C(C(=O)c3ccccc3O)C2c2ccc(Cl)cc2)cc1. The Morgan fingerprint density at radius 1 is 0.968 bits per heavy atom. The molecule has 1 amide bonds. The monoisotopic (exact) mass is 435 g/mol. The number of hydrogen-bond donors (Lipinski definition) is 1. The van der Waals surface area contributed by atoms with Crippen molar-refractivity contribution in [2.24, 2.45) is 5.92 Å². The summed E-state index contributed by atoms with van der Waals surface area (Å²) in [4.78, 5) is 40.7. The van der Waals surface area contributed by atoms with Gasteiger partial charge in [-0.15, -0.1) is 0 Å². The van der Waals surface area contributed by atoms with Gasteiger partial charge in [-0.3, -0.25) is 19.3 Å². The average Bonchev–Trinajstić information content (AvgIpc) is 3.05. The standard InChI is InChI=1S/C24H18ClNO5/c1-31-17-12-10-16(11-13-17)26-21(14-6-8-15(25)9-7-14)20(23(29)24(26)30)22(28)18-4-2-3-5-19(18)27/h2-13,20-21,27H,1H3. The number of carbonyl (C=O) groups is 3. The molecule has 2 atom stereocenters. The number of phenolic OH excluding ortho intramolecular Hbond substituents is 1. The van der Waals surface area contributed by atoms with Crippen LogP contribution in [0.25, 0.3) is 0 Å². The van der Waals surface area contributed by atoms with E-state index in [0.717, 1.165) is 0 Å². The molecule has 0 saturated carbocycles. The summed E-state index contributed by atoms with van der Waals surface area (Å²) in [6.45, 7) is 0. The predicted octanol–water partition coefficient (Wildman–Crippen LogP) is 4.21. The second kappa shape index (κ2) is 8.24. The van der Waals surface area contributed by atoms with E-state index in [-0.39, 0.29) is 11.3 Å². The number of amides is 1. The maximum atomic E-state index is 13.3. The zero-order valence-electron chi connectivity index (χ0n) is 16.5. The Labute approximate surface area is 183 Å². The summed E-state index contributed by atoms with van der Waals surface area (Å²) in [5.41, 5.74) is 1.02. The van der Waals surface area contributed by atoms with Crippen molar-refractivity contribution in [2.75, 3.05) is 12.0 Å². The lowest BCUT2D eigenvalue weighted by molar-refractivity contribution is -0.135. The Bertz CT molecular complexity index is 1160. The third-order valence-electron chi connectivity index (χ3n) is 5.32. The normalized spacial score (nSPS) is 18.3. The van der Waals surface area contributed by atoms with Crippen molar-refractivity contribution in [3.05, 3.63) is 88.9 Å². The number of rotatable bonds is 5. The number of hydrogen-bond acceptors (Lipinski definition) is 5. The third kappa shape index (κ3) is 3.66. The number of nitrogens with zero attached hydrogens (tertiary/aromatic N) is 1. The largest absolute Gasteiger partial charge is 0.507 e. The number of benzene rings is 3. The summed E-state index contributed by atoms with van der Waals surface area (Å²) in [6, 6.07) is 18.4. The Balaban J connectivity index is 1.85. The topological polar surface area (TPSA) is 83.9 Å². The number of aromatic hydroxyl groups is 1. The minimum atomic E-state index is -1.32. The summed E-state index contributed by atoms with van der Waals surface area (Å²) in [5, 5.41) is 10.7. The van der Waals surface area contributed by atoms with Gasteiger partial charge in [0.2, 0.25) is 5.78 Å². The Kier molecular flexibility index (Phi) is 5.48. The number of halogens is 1. The van der Waals surface area contributed by atoms with Crippen molar-refractivity contribution in [1.82, 2.24) is 0 Å². The van der Waals surface area contributed by atoms with E-state index in [0.29, 0.717) is 22.0 Å². The highest BCUT2D eigenvalue weighted by molar-refractivity contribution is 6.49. The van der Waals surface area contributed by atoms with Crippen LogP contribution >= 0.6 is 11.6 Å². The van der Waals surface area contributed by atoms with Gasteiger partial charge in [-0.05, 0) is 54.1 Å². The fourth-order valence-electron chi connectivity index (χ4n) is 3.80. The lowest BCUT2D eigenvalue weighted by atomic mass is 9.86. The Morgan fingerprint density at radius 3 is 2.23 bits per heavy atom.